The third-order valence-corrected chi connectivity index (χ3v) is 8.45. The van der Waals surface area contributed by atoms with Gasteiger partial charge < -0.3 is 25.4 Å². The lowest BCUT2D eigenvalue weighted by atomic mass is 9.97. The van der Waals surface area contributed by atoms with Crippen LogP contribution in [0.25, 0.3) is 11.1 Å². The molecule has 5 rings (SSSR count). The number of hydrogen-bond acceptors (Lipinski definition) is 7. The minimum atomic E-state index is -0.803. The van der Waals surface area contributed by atoms with Gasteiger partial charge in [-0.2, -0.15) is 0 Å². The molecule has 4 amide bonds. The summed E-state index contributed by atoms with van der Waals surface area (Å²) >= 11 is 6.46. The van der Waals surface area contributed by atoms with Crippen LogP contribution in [0.15, 0.2) is 115 Å². The molecule has 1 unspecified atom stereocenters. The van der Waals surface area contributed by atoms with Crippen molar-refractivity contribution in [2.24, 2.45) is 0 Å². The zero-order valence-corrected chi connectivity index (χ0v) is 31.6. The van der Waals surface area contributed by atoms with E-state index >= 15 is 0 Å². The smallest absolute Gasteiger partial charge is 0.407 e. The van der Waals surface area contributed by atoms with Gasteiger partial charge in [0.15, 0.2) is 0 Å². The van der Waals surface area contributed by atoms with Crippen LogP contribution in [0.5, 0.6) is 11.5 Å². The number of nitrogens with one attached hydrogen (secondary N) is 4. The molecule has 0 heterocycles. The second-order valence-electron chi connectivity index (χ2n) is 13.6. The van der Waals surface area contributed by atoms with Crippen LogP contribution in [0.3, 0.4) is 0 Å². The van der Waals surface area contributed by atoms with Crippen LogP contribution in [0, 0.1) is 5.82 Å². The fourth-order valence-electron chi connectivity index (χ4n) is 5.54. The SMILES string of the molecule is CCC(NCc1ccccc1F)C(=O)NC(=O)c1ccc(NC(=O)c2ccccc2)cc1-c1ccc(Cl)cc1Oc1cccc(CNC(=O)OC(C)(C)C)c1. The van der Waals surface area contributed by atoms with E-state index in [1.807, 2.05) is 6.07 Å². The van der Waals surface area contributed by atoms with E-state index in [4.69, 9.17) is 21.1 Å². The largest absolute Gasteiger partial charge is 0.457 e. The first-order valence-corrected chi connectivity index (χ1v) is 18.0. The summed E-state index contributed by atoms with van der Waals surface area (Å²) in [4.78, 5) is 52.7. The van der Waals surface area contributed by atoms with Crippen molar-refractivity contribution >= 4 is 41.1 Å². The highest BCUT2D eigenvalue weighted by atomic mass is 35.5. The summed E-state index contributed by atoms with van der Waals surface area (Å²) in [7, 11) is 0. The first kappa shape index (κ1) is 40.2. The van der Waals surface area contributed by atoms with Crippen LogP contribution in [0.2, 0.25) is 5.02 Å². The Labute approximate surface area is 324 Å². The monoisotopic (exact) mass is 764 g/mol. The summed E-state index contributed by atoms with van der Waals surface area (Å²) in [6.45, 7) is 7.36. The molecular formula is C43H42ClFN4O6. The molecule has 0 aromatic heterocycles. The maximum Gasteiger partial charge on any atom is 0.407 e. The standard InChI is InChI=1S/C43H42ClFN4O6/c1-5-37(46-26-29-15-9-10-17-36(29)45)41(52)49-40(51)34-21-19-31(48-39(50)28-13-7-6-8-14-28)24-35(34)33-20-18-30(44)23-38(33)54-32-16-11-12-27(22-32)25-47-42(53)55-43(2,3)4/h6-24,37,46H,5,25-26H2,1-4H3,(H,47,53)(H,48,50)(H,49,51,52). The first-order valence-electron chi connectivity index (χ1n) is 17.7. The molecule has 55 heavy (non-hydrogen) atoms. The number of imide groups is 1. The maximum absolute atomic E-state index is 14.3. The molecule has 0 aliphatic carbocycles. The number of amides is 4. The molecule has 0 aliphatic rings. The molecule has 0 bridgehead atoms. The van der Waals surface area contributed by atoms with Crippen LogP contribution in [0.4, 0.5) is 14.9 Å². The molecule has 0 saturated carbocycles. The van der Waals surface area contributed by atoms with Gasteiger partial charge >= 0.3 is 6.09 Å². The third kappa shape index (κ3) is 11.5. The fourth-order valence-corrected chi connectivity index (χ4v) is 5.70. The lowest BCUT2D eigenvalue weighted by molar-refractivity contribution is -0.122. The Morgan fingerprint density at radius 1 is 0.782 bits per heavy atom. The van der Waals surface area contributed by atoms with Gasteiger partial charge in [-0.05, 0) is 93.4 Å². The second kappa shape index (κ2) is 18.3. The van der Waals surface area contributed by atoms with Crippen molar-refractivity contribution in [2.75, 3.05) is 5.32 Å². The molecule has 0 radical (unpaired) electrons. The van der Waals surface area contributed by atoms with E-state index in [-0.39, 0.29) is 30.3 Å². The Kier molecular flexibility index (Phi) is 13.4. The van der Waals surface area contributed by atoms with Gasteiger partial charge in [0, 0.05) is 57.7 Å². The molecule has 1 atom stereocenters. The highest BCUT2D eigenvalue weighted by Crippen LogP contribution is 2.39. The molecule has 0 saturated heterocycles. The van der Waals surface area contributed by atoms with Crippen LogP contribution in [0.1, 0.15) is 66.0 Å². The molecule has 5 aromatic rings. The van der Waals surface area contributed by atoms with Gasteiger partial charge in [0.05, 0.1) is 6.04 Å². The molecule has 0 fully saturated rings. The molecule has 12 heteroatoms. The summed E-state index contributed by atoms with van der Waals surface area (Å²) in [5.74, 6) is -1.39. The van der Waals surface area contributed by atoms with E-state index < -0.39 is 35.4 Å². The number of alkyl carbamates (subject to hydrolysis) is 1. The number of rotatable bonds is 13. The number of ether oxygens (including phenoxy) is 2. The normalized spacial score (nSPS) is 11.6. The minimum absolute atomic E-state index is 0.0809. The number of hydrogen-bond donors (Lipinski definition) is 4. The minimum Gasteiger partial charge on any atom is -0.457 e. The Morgan fingerprint density at radius 2 is 1.53 bits per heavy atom. The quantitative estimate of drug-likeness (QED) is 0.0940. The van der Waals surface area contributed by atoms with E-state index in [9.17, 15) is 23.6 Å². The number of benzene rings is 5. The number of carbonyl (C=O) groups is 4. The average molecular weight is 765 g/mol. The lowest BCUT2D eigenvalue weighted by Gasteiger charge is -2.20. The molecule has 284 valence electrons. The molecule has 10 nitrogen and oxygen atoms in total. The van der Waals surface area contributed by atoms with Gasteiger partial charge in [-0.3, -0.25) is 19.7 Å². The van der Waals surface area contributed by atoms with Gasteiger partial charge in [0.1, 0.15) is 22.9 Å². The van der Waals surface area contributed by atoms with Gasteiger partial charge in [-0.15, -0.1) is 0 Å². The molecule has 0 aliphatic heterocycles. The van der Waals surface area contributed by atoms with Crippen LogP contribution >= 0.6 is 11.6 Å². The molecule has 4 N–H and O–H groups in total. The predicted molar refractivity (Wildman–Crippen MR) is 211 cm³/mol. The van der Waals surface area contributed by atoms with Crippen LogP contribution < -0.4 is 26.0 Å². The average Bonchev–Trinajstić information content (AvgIpc) is 3.15. The lowest BCUT2D eigenvalue weighted by Crippen LogP contribution is -2.45. The Morgan fingerprint density at radius 3 is 2.25 bits per heavy atom. The van der Waals surface area contributed by atoms with E-state index in [1.165, 1.54) is 12.1 Å². The van der Waals surface area contributed by atoms with Gasteiger partial charge in [0.25, 0.3) is 11.8 Å². The van der Waals surface area contributed by atoms with Crippen molar-refractivity contribution < 1.29 is 33.0 Å². The van der Waals surface area contributed by atoms with E-state index in [1.54, 1.807) is 125 Å². The van der Waals surface area contributed by atoms with Gasteiger partial charge in [-0.25, -0.2) is 9.18 Å². The summed E-state index contributed by atoms with van der Waals surface area (Å²) in [6.07, 6.45) is -0.238. The van der Waals surface area contributed by atoms with Crippen molar-refractivity contribution in [1.82, 2.24) is 16.0 Å². The van der Waals surface area contributed by atoms with E-state index in [0.29, 0.717) is 45.1 Å². The number of halogens is 2. The highest BCUT2D eigenvalue weighted by Gasteiger charge is 2.24. The van der Waals surface area contributed by atoms with E-state index in [0.717, 1.165) is 5.56 Å². The predicted octanol–water partition coefficient (Wildman–Crippen LogP) is 9.04. The summed E-state index contributed by atoms with van der Waals surface area (Å²) in [6, 6.07) is 30.7. The first-order chi connectivity index (χ1) is 26.3. The Bertz CT molecular complexity index is 2170. The Balaban J connectivity index is 1.45. The summed E-state index contributed by atoms with van der Waals surface area (Å²) in [5, 5.41) is 11.5. The number of carbonyl (C=O) groups excluding carboxylic acids is 4. The molecule has 0 spiro atoms. The van der Waals surface area contributed by atoms with Gasteiger partial charge in [-0.1, -0.05) is 67.1 Å². The van der Waals surface area contributed by atoms with Crippen molar-refractivity contribution in [3.8, 4) is 22.6 Å². The van der Waals surface area contributed by atoms with Crippen LogP contribution in [-0.2, 0) is 22.6 Å². The molecule has 5 aromatic carbocycles. The molecular weight excluding hydrogens is 723 g/mol. The third-order valence-electron chi connectivity index (χ3n) is 8.21. The van der Waals surface area contributed by atoms with Crippen molar-refractivity contribution in [3.05, 3.63) is 148 Å². The second-order valence-corrected chi connectivity index (χ2v) is 14.0. The van der Waals surface area contributed by atoms with E-state index in [2.05, 4.69) is 21.3 Å². The zero-order valence-electron chi connectivity index (χ0n) is 30.9. The summed E-state index contributed by atoms with van der Waals surface area (Å²) < 4.78 is 26.0. The van der Waals surface area contributed by atoms with Crippen LogP contribution in [-0.4, -0.2) is 35.5 Å². The maximum atomic E-state index is 14.3. The number of anilines is 1. The topological polar surface area (TPSA) is 135 Å². The van der Waals surface area contributed by atoms with Crippen molar-refractivity contribution in [3.63, 3.8) is 0 Å². The Hall–Kier alpha value is -6.04. The summed E-state index contributed by atoms with van der Waals surface area (Å²) in [5.41, 5.74) is 2.14. The zero-order chi connectivity index (χ0) is 39.5. The van der Waals surface area contributed by atoms with Gasteiger partial charge in [0.2, 0.25) is 5.91 Å². The van der Waals surface area contributed by atoms with Crippen molar-refractivity contribution in [1.29, 1.82) is 0 Å². The highest BCUT2D eigenvalue weighted by molar-refractivity contribution is 6.30. The fraction of sp³-hybridized carbons (Fsp3) is 0.209. The van der Waals surface area contributed by atoms with Crippen molar-refractivity contribution in [2.45, 2.75) is 58.8 Å².